The normalized spacial score (nSPS) is 11.1. The molecule has 14 heavy (non-hydrogen) atoms. The Morgan fingerprint density at radius 2 is 1.86 bits per heavy atom. The zero-order valence-electron chi connectivity index (χ0n) is 7.18. The first-order valence-corrected chi connectivity index (χ1v) is 4.07. The van der Waals surface area contributed by atoms with E-state index in [0.29, 0.717) is 11.1 Å². The molecule has 2 rings (SSSR count). The third kappa shape index (κ3) is 1.53. The van der Waals surface area contributed by atoms with E-state index in [1.54, 1.807) is 18.2 Å². The average molecular weight is 192 g/mol. The SMILES string of the molecule is O=c1ccc2ccc(C(O)O)cc2o1. The molecule has 0 saturated heterocycles. The lowest BCUT2D eigenvalue weighted by Gasteiger charge is -2.03. The molecule has 0 bridgehead atoms. The van der Waals surface area contributed by atoms with Gasteiger partial charge in [-0.2, -0.15) is 0 Å². The first kappa shape index (κ1) is 8.93. The maximum absolute atomic E-state index is 10.9. The Morgan fingerprint density at radius 3 is 2.57 bits per heavy atom. The maximum Gasteiger partial charge on any atom is 0.336 e. The fourth-order valence-corrected chi connectivity index (χ4v) is 1.24. The molecule has 0 fully saturated rings. The minimum Gasteiger partial charge on any atom is -0.423 e. The van der Waals surface area contributed by atoms with E-state index in [0.717, 1.165) is 5.39 Å². The summed E-state index contributed by atoms with van der Waals surface area (Å²) < 4.78 is 4.87. The summed E-state index contributed by atoms with van der Waals surface area (Å²) in [6.45, 7) is 0. The molecular formula is C10H8O4. The third-order valence-electron chi connectivity index (χ3n) is 1.95. The van der Waals surface area contributed by atoms with E-state index in [-0.39, 0.29) is 0 Å². The van der Waals surface area contributed by atoms with Crippen molar-refractivity contribution in [1.82, 2.24) is 0 Å². The van der Waals surface area contributed by atoms with Crippen LogP contribution in [0.4, 0.5) is 0 Å². The molecule has 0 radical (unpaired) electrons. The van der Waals surface area contributed by atoms with Crippen molar-refractivity contribution >= 4 is 11.0 Å². The summed E-state index contributed by atoms with van der Waals surface area (Å²) in [5.74, 6) is 0. The molecule has 1 heterocycles. The van der Waals surface area contributed by atoms with Crippen LogP contribution in [0, 0.1) is 0 Å². The van der Waals surface area contributed by atoms with Crippen molar-refractivity contribution < 1.29 is 14.6 Å². The second kappa shape index (κ2) is 3.25. The summed E-state index contributed by atoms with van der Waals surface area (Å²) >= 11 is 0. The van der Waals surface area contributed by atoms with Gasteiger partial charge in [0.15, 0.2) is 6.29 Å². The lowest BCUT2D eigenvalue weighted by Crippen LogP contribution is -1.97. The van der Waals surface area contributed by atoms with Crippen molar-refractivity contribution in [2.24, 2.45) is 0 Å². The molecular weight excluding hydrogens is 184 g/mol. The molecule has 4 nitrogen and oxygen atoms in total. The zero-order chi connectivity index (χ0) is 10.1. The predicted molar refractivity (Wildman–Crippen MR) is 49.7 cm³/mol. The number of aliphatic hydroxyl groups is 2. The van der Waals surface area contributed by atoms with Gasteiger partial charge in [0.2, 0.25) is 0 Å². The van der Waals surface area contributed by atoms with Crippen LogP contribution in [-0.2, 0) is 0 Å². The van der Waals surface area contributed by atoms with Gasteiger partial charge in [0, 0.05) is 17.0 Å². The molecule has 72 valence electrons. The zero-order valence-corrected chi connectivity index (χ0v) is 7.18. The minimum atomic E-state index is -1.55. The Balaban J connectivity index is 2.69. The van der Waals surface area contributed by atoms with E-state index in [1.165, 1.54) is 12.1 Å². The summed E-state index contributed by atoms with van der Waals surface area (Å²) in [6.07, 6.45) is -1.55. The topological polar surface area (TPSA) is 70.7 Å². The summed E-state index contributed by atoms with van der Waals surface area (Å²) in [7, 11) is 0. The summed E-state index contributed by atoms with van der Waals surface area (Å²) in [5.41, 5.74) is 0.192. The van der Waals surface area contributed by atoms with Gasteiger partial charge in [-0.05, 0) is 12.1 Å². The highest BCUT2D eigenvalue weighted by atomic mass is 16.5. The van der Waals surface area contributed by atoms with Gasteiger partial charge < -0.3 is 14.6 Å². The van der Waals surface area contributed by atoms with Crippen LogP contribution in [0.3, 0.4) is 0 Å². The van der Waals surface area contributed by atoms with E-state index in [2.05, 4.69) is 0 Å². The van der Waals surface area contributed by atoms with E-state index in [4.69, 9.17) is 14.6 Å². The van der Waals surface area contributed by atoms with Gasteiger partial charge in [0.25, 0.3) is 0 Å². The fraction of sp³-hybridized carbons (Fsp3) is 0.100. The van der Waals surface area contributed by atoms with Gasteiger partial charge in [-0.15, -0.1) is 0 Å². The molecule has 0 aliphatic rings. The molecule has 0 saturated carbocycles. The van der Waals surface area contributed by atoms with Gasteiger partial charge in [0.1, 0.15) is 5.58 Å². The summed E-state index contributed by atoms with van der Waals surface area (Å²) in [4.78, 5) is 10.9. The number of benzene rings is 1. The first-order chi connectivity index (χ1) is 6.66. The molecule has 1 aromatic carbocycles. The van der Waals surface area contributed by atoms with Crippen LogP contribution >= 0.6 is 0 Å². The van der Waals surface area contributed by atoms with Crippen molar-refractivity contribution in [1.29, 1.82) is 0 Å². The molecule has 0 amide bonds. The lowest BCUT2D eigenvalue weighted by molar-refractivity contribution is -0.0424. The minimum absolute atomic E-state index is 0.298. The van der Waals surface area contributed by atoms with Crippen LogP contribution in [-0.4, -0.2) is 10.2 Å². The monoisotopic (exact) mass is 192 g/mol. The van der Waals surface area contributed by atoms with Crippen molar-refractivity contribution in [3.63, 3.8) is 0 Å². The highest BCUT2D eigenvalue weighted by molar-refractivity contribution is 5.76. The Hall–Kier alpha value is -1.65. The van der Waals surface area contributed by atoms with E-state index < -0.39 is 11.9 Å². The third-order valence-corrected chi connectivity index (χ3v) is 1.95. The van der Waals surface area contributed by atoms with Crippen molar-refractivity contribution in [3.8, 4) is 0 Å². The Morgan fingerprint density at radius 1 is 1.14 bits per heavy atom. The van der Waals surface area contributed by atoms with E-state index >= 15 is 0 Å². The standard InChI is InChI=1S/C10H8O4/c11-9-4-3-6-1-2-7(10(12)13)5-8(6)14-9/h1-5,10,12-13H. The van der Waals surface area contributed by atoms with Gasteiger partial charge in [0.05, 0.1) is 0 Å². The molecule has 0 unspecified atom stereocenters. The van der Waals surface area contributed by atoms with Crippen LogP contribution < -0.4 is 5.63 Å². The predicted octanol–water partition coefficient (Wildman–Crippen LogP) is 0.776. The van der Waals surface area contributed by atoms with Gasteiger partial charge in [-0.1, -0.05) is 12.1 Å². The largest absolute Gasteiger partial charge is 0.423 e. The molecule has 0 spiro atoms. The second-order valence-electron chi connectivity index (χ2n) is 2.93. The summed E-state index contributed by atoms with van der Waals surface area (Å²) in [5, 5.41) is 18.5. The van der Waals surface area contributed by atoms with Crippen LogP contribution in [0.25, 0.3) is 11.0 Å². The Labute approximate surface area is 79.0 Å². The molecule has 0 atom stereocenters. The smallest absolute Gasteiger partial charge is 0.336 e. The van der Waals surface area contributed by atoms with E-state index in [9.17, 15) is 4.79 Å². The number of hydrogen-bond donors (Lipinski definition) is 2. The first-order valence-electron chi connectivity index (χ1n) is 4.07. The number of aliphatic hydroxyl groups excluding tert-OH is 1. The van der Waals surface area contributed by atoms with Crippen LogP contribution in [0.2, 0.25) is 0 Å². The number of fused-ring (bicyclic) bond motifs is 1. The molecule has 4 heteroatoms. The second-order valence-corrected chi connectivity index (χ2v) is 2.93. The van der Waals surface area contributed by atoms with Crippen molar-refractivity contribution in [2.45, 2.75) is 6.29 Å². The number of hydrogen-bond acceptors (Lipinski definition) is 4. The molecule has 0 aliphatic heterocycles. The molecule has 2 aromatic rings. The maximum atomic E-state index is 10.9. The number of rotatable bonds is 1. The Bertz CT molecular complexity index is 513. The fourth-order valence-electron chi connectivity index (χ4n) is 1.24. The van der Waals surface area contributed by atoms with Gasteiger partial charge in [-0.3, -0.25) is 0 Å². The molecule has 0 aliphatic carbocycles. The highest BCUT2D eigenvalue weighted by Gasteiger charge is 2.04. The average Bonchev–Trinajstić information content (AvgIpc) is 2.16. The quantitative estimate of drug-likeness (QED) is 0.517. The lowest BCUT2D eigenvalue weighted by atomic mass is 10.1. The van der Waals surface area contributed by atoms with E-state index in [1.807, 2.05) is 0 Å². The van der Waals surface area contributed by atoms with Crippen LogP contribution in [0.1, 0.15) is 11.9 Å². The Kier molecular flexibility index (Phi) is 2.07. The van der Waals surface area contributed by atoms with Crippen LogP contribution in [0.5, 0.6) is 0 Å². The molecule has 1 aromatic heterocycles. The van der Waals surface area contributed by atoms with Gasteiger partial charge in [-0.25, -0.2) is 4.79 Å². The van der Waals surface area contributed by atoms with Crippen molar-refractivity contribution in [3.05, 3.63) is 46.3 Å². The molecule has 2 N–H and O–H groups in total. The highest BCUT2D eigenvalue weighted by Crippen LogP contribution is 2.17. The van der Waals surface area contributed by atoms with Crippen LogP contribution in [0.15, 0.2) is 39.5 Å². The summed E-state index contributed by atoms with van der Waals surface area (Å²) in [6, 6.07) is 7.59. The van der Waals surface area contributed by atoms with Crippen molar-refractivity contribution in [2.75, 3.05) is 0 Å². The van der Waals surface area contributed by atoms with Gasteiger partial charge >= 0.3 is 5.63 Å².